The van der Waals surface area contributed by atoms with Crippen molar-refractivity contribution in [1.82, 2.24) is 0 Å². The molecule has 0 unspecified atom stereocenters. The molecule has 0 aliphatic heterocycles. The Morgan fingerprint density at radius 1 is 1.67 bits per heavy atom. The first-order valence-electron chi connectivity index (χ1n) is 2.73. The molecule has 1 aromatic rings. The van der Waals surface area contributed by atoms with Crippen LogP contribution in [0.1, 0.15) is 5.76 Å². The zero-order valence-corrected chi connectivity index (χ0v) is 6.58. The van der Waals surface area contributed by atoms with Gasteiger partial charge in [-0.05, 0) is 0 Å². The third-order valence-corrected chi connectivity index (χ3v) is 1.78. The lowest BCUT2D eigenvalue weighted by atomic mass is 10.4. The summed E-state index contributed by atoms with van der Waals surface area (Å²) in [5.41, 5.74) is 4.22. The van der Waals surface area contributed by atoms with Gasteiger partial charge >= 0.3 is 7.60 Å². The highest BCUT2D eigenvalue weighted by Gasteiger charge is 2.24. The van der Waals surface area contributed by atoms with Gasteiger partial charge < -0.3 is 19.9 Å². The summed E-state index contributed by atoms with van der Waals surface area (Å²) in [6, 6.07) is 3.58. The van der Waals surface area contributed by atoms with Crippen molar-refractivity contribution in [2.75, 3.05) is 5.73 Å². The monoisotopic (exact) mass is 187 g/mol. The first-order chi connectivity index (χ1) is 5.45. The SMILES string of the molecule is N#Cc1oc(P(=O)(O)O)[c]c1N. The molecule has 0 saturated heterocycles. The molecule has 63 valence electrons. The van der Waals surface area contributed by atoms with Crippen LogP contribution in [0.2, 0.25) is 0 Å². The number of nitrogens with two attached hydrogens (primary N) is 1. The topological polar surface area (TPSA) is 120 Å². The highest BCUT2D eigenvalue weighted by molar-refractivity contribution is 7.59. The fourth-order valence-electron chi connectivity index (χ4n) is 0.564. The summed E-state index contributed by atoms with van der Waals surface area (Å²) in [6.45, 7) is 0. The Labute approximate surface area is 67.4 Å². The van der Waals surface area contributed by atoms with Crippen LogP contribution < -0.4 is 11.2 Å². The second-order valence-electron chi connectivity index (χ2n) is 1.93. The van der Waals surface area contributed by atoms with Crippen molar-refractivity contribution in [3.8, 4) is 6.07 Å². The summed E-state index contributed by atoms with van der Waals surface area (Å²) in [4.78, 5) is 17.1. The van der Waals surface area contributed by atoms with Crippen molar-refractivity contribution in [2.24, 2.45) is 0 Å². The van der Waals surface area contributed by atoms with Gasteiger partial charge in [0.1, 0.15) is 6.07 Å². The van der Waals surface area contributed by atoms with Gasteiger partial charge in [-0.2, -0.15) is 5.26 Å². The highest BCUT2D eigenvalue weighted by Crippen LogP contribution is 2.34. The Morgan fingerprint density at radius 2 is 2.25 bits per heavy atom. The lowest BCUT2D eigenvalue weighted by molar-refractivity contribution is 0.376. The standard InChI is InChI=1S/C5H4N2O4P/c6-2-4-3(7)1-5(11-4)12(8,9)10/h7H2,(H2,8,9,10). The van der Waals surface area contributed by atoms with Gasteiger partial charge in [0.2, 0.25) is 11.3 Å². The van der Waals surface area contributed by atoms with E-state index in [2.05, 4.69) is 10.5 Å². The summed E-state index contributed by atoms with van der Waals surface area (Å²) in [5.74, 6) is -0.340. The molecule has 1 aromatic heterocycles. The van der Waals surface area contributed by atoms with Crippen LogP contribution in [0.4, 0.5) is 5.69 Å². The minimum Gasteiger partial charge on any atom is -0.435 e. The lowest BCUT2D eigenvalue weighted by Gasteiger charge is -1.94. The van der Waals surface area contributed by atoms with Gasteiger partial charge in [-0.15, -0.1) is 0 Å². The largest absolute Gasteiger partial charge is 0.435 e. The van der Waals surface area contributed by atoms with Gasteiger partial charge in [-0.1, -0.05) is 0 Å². The zero-order chi connectivity index (χ0) is 9.35. The molecule has 0 aliphatic carbocycles. The predicted molar refractivity (Wildman–Crippen MR) is 38.3 cm³/mol. The van der Waals surface area contributed by atoms with Crippen LogP contribution in [0.15, 0.2) is 4.42 Å². The van der Waals surface area contributed by atoms with Gasteiger partial charge in [0, 0.05) is 0 Å². The number of nitriles is 1. The number of furan rings is 1. The molecule has 0 bridgehead atoms. The Bertz CT molecular complexity index is 385. The van der Waals surface area contributed by atoms with Gasteiger partial charge in [-0.3, -0.25) is 4.57 Å². The molecule has 1 rings (SSSR count). The van der Waals surface area contributed by atoms with E-state index in [-0.39, 0.29) is 11.4 Å². The van der Waals surface area contributed by atoms with Crippen molar-refractivity contribution in [2.45, 2.75) is 0 Å². The van der Waals surface area contributed by atoms with E-state index in [0.29, 0.717) is 0 Å². The summed E-state index contributed by atoms with van der Waals surface area (Å²) >= 11 is 0. The van der Waals surface area contributed by atoms with Crippen LogP contribution in [0.25, 0.3) is 0 Å². The first kappa shape index (κ1) is 8.81. The third-order valence-electron chi connectivity index (χ3n) is 1.05. The number of hydrogen-bond acceptors (Lipinski definition) is 4. The smallest absolute Gasteiger partial charge is 0.391 e. The predicted octanol–water partition coefficient (Wildman–Crippen LogP) is -0.663. The molecule has 7 heteroatoms. The summed E-state index contributed by atoms with van der Waals surface area (Å²) < 4.78 is 14.9. The molecule has 0 atom stereocenters. The minimum atomic E-state index is -4.49. The highest BCUT2D eigenvalue weighted by atomic mass is 31.2. The Balaban J connectivity index is 3.25. The van der Waals surface area contributed by atoms with E-state index in [9.17, 15) is 4.57 Å². The molecular formula is C5H4N2O4P. The van der Waals surface area contributed by atoms with Gasteiger partial charge in [0.25, 0.3) is 0 Å². The fourth-order valence-corrected chi connectivity index (χ4v) is 1.04. The molecule has 0 aromatic carbocycles. The molecule has 1 heterocycles. The van der Waals surface area contributed by atoms with Gasteiger partial charge in [-0.25, -0.2) is 0 Å². The van der Waals surface area contributed by atoms with E-state index >= 15 is 0 Å². The normalized spacial score (nSPS) is 11.1. The lowest BCUT2D eigenvalue weighted by Crippen LogP contribution is -1.99. The molecule has 0 saturated carbocycles. The van der Waals surface area contributed by atoms with Crippen molar-refractivity contribution >= 4 is 18.8 Å². The summed E-state index contributed by atoms with van der Waals surface area (Å²) in [6.07, 6.45) is 0. The number of hydrogen-bond donors (Lipinski definition) is 3. The Morgan fingerprint density at radius 3 is 2.50 bits per heavy atom. The minimum absolute atomic E-state index is 0.198. The molecule has 6 nitrogen and oxygen atoms in total. The summed E-state index contributed by atoms with van der Waals surface area (Å²) in [5, 5.41) is 8.30. The molecular weight excluding hydrogens is 183 g/mol. The van der Waals surface area contributed by atoms with E-state index in [1.165, 1.54) is 6.07 Å². The second kappa shape index (κ2) is 2.64. The fraction of sp³-hybridized carbons (Fsp3) is 0. The van der Waals surface area contributed by atoms with Crippen molar-refractivity contribution in [3.63, 3.8) is 0 Å². The zero-order valence-electron chi connectivity index (χ0n) is 5.68. The first-order valence-corrected chi connectivity index (χ1v) is 4.34. The summed E-state index contributed by atoms with van der Waals surface area (Å²) in [7, 11) is -4.49. The molecule has 0 spiro atoms. The van der Waals surface area contributed by atoms with E-state index < -0.39 is 13.1 Å². The molecule has 0 amide bonds. The maximum absolute atomic E-state index is 10.5. The molecule has 4 N–H and O–H groups in total. The molecule has 0 fully saturated rings. The number of rotatable bonds is 1. The van der Waals surface area contributed by atoms with E-state index in [4.69, 9.17) is 20.8 Å². The molecule has 12 heavy (non-hydrogen) atoms. The molecule has 0 aliphatic rings. The quantitative estimate of drug-likeness (QED) is 0.501. The van der Waals surface area contributed by atoms with E-state index in [0.717, 1.165) is 0 Å². The van der Waals surface area contributed by atoms with Gasteiger partial charge in [0.15, 0.2) is 0 Å². The van der Waals surface area contributed by atoms with Crippen LogP contribution in [0.3, 0.4) is 0 Å². The Hall–Kier alpha value is -1.28. The van der Waals surface area contributed by atoms with Crippen LogP contribution in [0, 0.1) is 17.4 Å². The van der Waals surface area contributed by atoms with Crippen LogP contribution in [0.5, 0.6) is 0 Å². The van der Waals surface area contributed by atoms with E-state index in [1.54, 1.807) is 0 Å². The molecule has 1 radical (unpaired) electrons. The van der Waals surface area contributed by atoms with Crippen LogP contribution >= 0.6 is 7.60 Å². The van der Waals surface area contributed by atoms with E-state index in [1.807, 2.05) is 0 Å². The van der Waals surface area contributed by atoms with Crippen LogP contribution in [-0.4, -0.2) is 9.79 Å². The Kier molecular flexibility index (Phi) is 1.94. The van der Waals surface area contributed by atoms with Crippen LogP contribution in [-0.2, 0) is 4.57 Å². The average Bonchev–Trinajstić information content (AvgIpc) is 2.29. The maximum Gasteiger partial charge on any atom is 0.391 e. The van der Waals surface area contributed by atoms with Gasteiger partial charge in [0.05, 0.1) is 11.8 Å². The van der Waals surface area contributed by atoms with Crippen molar-refractivity contribution < 1.29 is 18.8 Å². The average molecular weight is 187 g/mol. The number of nitrogen functional groups attached to an aromatic ring is 1. The van der Waals surface area contributed by atoms with Crippen molar-refractivity contribution in [3.05, 3.63) is 11.8 Å². The maximum atomic E-state index is 10.5. The third kappa shape index (κ3) is 1.48. The van der Waals surface area contributed by atoms with Crippen molar-refractivity contribution in [1.29, 1.82) is 5.26 Å². The second-order valence-corrected chi connectivity index (χ2v) is 3.43. The number of anilines is 1. The number of nitrogens with zero attached hydrogens (tertiary/aromatic N) is 1.